The SMILES string of the molecule is Cc1c(SCCF)c2c3nonc3c3c(F)csc3c2c2nonc12. The predicted octanol–water partition coefficient (Wildman–Crippen LogP) is 4.64. The number of thiophene rings is 1. The van der Waals surface area contributed by atoms with Crippen LogP contribution in [0.4, 0.5) is 8.78 Å². The molecule has 5 aromatic rings. The van der Waals surface area contributed by atoms with Crippen molar-refractivity contribution in [1.82, 2.24) is 20.6 Å². The van der Waals surface area contributed by atoms with Gasteiger partial charge in [-0.1, -0.05) is 0 Å². The Morgan fingerprint density at radius 2 is 1.64 bits per heavy atom. The molecule has 3 aromatic heterocycles. The molecule has 25 heavy (non-hydrogen) atoms. The van der Waals surface area contributed by atoms with Crippen molar-refractivity contribution in [2.45, 2.75) is 11.8 Å². The van der Waals surface area contributed by atoms with Gasteiger partial charge in [0.15, 0.2) is 0 Å². The second-order valence-corrected chi connectivity index (χ2v) is 7.44. The number of nitrogens with zero attached hydrogens (tertiary/aromatic N) is 4. The number of hydrogen-bond acceptors (Lipinski definition) is 8. The summed E-state index contributed by atoms with van der Waals surface area (Å²) in [5.74, 6) is -0.123. The number of hydrogen-bond donors (Lipinski definition) is 0. The minimum Gasteiger partial charge on any atom is -0.250 e. The Morgan fingerprint density at radius 1 is 1.00 bits per heavy atom. The van der Waals surface area contributed by atoms with Crippen molar-refractivity contribution in [2.75, 3.05) is 12.4 Å². The average molecular weight is 378 g/mol. The number of aryl methyl sites for hydroxylation is 1. The molecule has 0 bridgehead atoms. The van der Waals surface area contributed by atoms with Crippen LogP contribution in [-0.4, -0.2) is 33.1 Å². The zero-order valence-corrected chi connectivity index (χ0v) is 14.3. The first-order valence-electron chi connectivity index (χ1n) is 7.30. The summed E-state index contributed by atoms with van der Waals surface area (Å²) in [4.78, 5) is 0.798. The molecule has 0 radical (unpaired) electrons. The van der Waals surface area contributed by atoms with Gasteiger partial charge in [-0.3, -0.25) is 4.39 Å². The minimum atomic E-state index is -0.475. The second kappa shape index (κ2) is 5.33. The predicted molar refractivity (Wildman–Crippen MR) is 91.4 cm³/mol. The van der Waals surface area contributed by atoms with Crippen LogP contribution < -0.4 is 0 Å². The third kappa shape index (κ3) is 1.89. The summed E-state index contributed by atoms with van der Waals surface area (Å²) in [7, 11) is 0. The number of rotatable bonds is 3. The summed E-state index contributed by atoms with van der Waals surface area (Å²) in [6.07, 6.45) is 0. The fourth-order valence-corrected chi connectivity index (χ4v) is 5.06. The molecule has 0 saturated heterocycles. The van der Waals surface area contributed by atoms with E-state index in [2.05, 4.69) is 20.6 Å². The zero-order chi connectivity index (χ0) is 17.1. The van der Waals surface area contributed by atoms with Gasteiger partial charge < -0.3 is 0 Å². The molecule has 0 saturated carbocycles. The van der Waals surface area contributed by atoms with E-state index in [1.165, 1.54) is 28.5 Å². The van der Waals surface area contributed by atoms with E-state index < -0.39 is 12.5 Å². The Bertz CT molecular complexity index is 1280. The van der Waals surface area contributed by atoms with Crippen LogP contribution in [0.25, 0.3) is 42.9 Å². The summed E-state index contributed by atoms with van der Waals surface area (Å²) >= 11 is 2.59. The molecular weight excluding hydrogens is 370 g/mol. The summed E-state index contributed by atoms with van der Waals surface area (Å²) in [6.45, 7) is 1.39. The van der Waals surface area contributed by atoms with Crippen molar-refractivity contribution in [3.63, 3.8) is 0 Å². The van der Waals surface area contributed by atoms with E-state index in [-0.39, 0.29) is 5.75 Å². The van der Waals surface area contributed by atoms with Gasteiger partial charge in [0.25, 0.3) is 0 Å². The van der Waals surface area contributed by atoms with Gasteiger partial charge in [-0.15, -0.1) is 23.1 Å². The molecule has 126 valence electrons. The normalized spacial score (nSPS) is 12.3. The van der Waals surface area contributed by atoms with E-state index in [1.807, 2.05) is 6.92 Å². The van der Waals surface area contributed by atoms with Crippen molar-refractivity contribution in [2.24, 2.45) is 0 Å². The van der Waals surface area contributed by atoms with Gasteiger partial charge in [0.1, 0.15) is 27.9 Å². The Balaban J connectivity index is 2.13. The largest absolute Gasteiger partial charge is 0.250 e. The first kappa shape index (κ1) is 15.0. The Hall–Kier alpha value is -2.33. The van der Waals surface area contributed by atoms with Gasteiger partial charge in [-0.05, 0) is 33.1 Å². The maximum atomic E-state index is 14.4. The van der Waals surface area contributed by atoms with Crippen LogP contribution in [0.1, 0.15) is 5.56 Å². The summed E-state index contributed by atoms with van der Waals surface area (Å²) in [5.41, 5.74) is 2.67. The molecule has 0 unspecified atom stereocenters. The van der Waals surface area contributed by atoms with Gasteiger partial charge in [-0.25, -0.2) is 13.6 Å². The molecule has 2 aromatic carbocycles. The molecule has 0 N–H and O–H groups in total. The van der Waals surface area contributed by atoms with E-state index in [0.29, 0.717) is 42.9 Å². The van der Waals surface area contributed by atoms with E-state index in [1.54, 1.807) is 0 Å². The highest BCUT2D eigenvalue weighted by Crippen LogP contribution is 2.46. The lowest BCUT2D eigenvalue weighted by molar-refractivity contribution is 0.315. The van der Waals surface area contributed by atoms with Crippen molar-refractivity contribution >= 4 is 66.0 Å². The fraction of sp³-hybridized carbons (Fsp3) is 0.200. The first-order valence-corrected chi connectivity index (χ1v) is 9.17. The van der Waals surface area contributed by atoms with Gasteiger partial charge in [0.2, 0.25) is 0 Å². The number of aromatic nitrogens is 4. The minimum absolute atomic E-state index is 0.274. The van der Waals surface area contributed by atoms with E-state index in [9.17, 15) is 8.78 Å². The molecule has 0 amide bonds. The van der Waals surface area contributed by atoms with Crippen LogP contribution in [-0.2, 0) is 0 Å². The highest BCUT2D eigenvalue weighted by Gasteiger charge is 2.25. The smallest absolute Gasteiger partial charge is 0.147 e. The Labute approximate surface area is 146 Å². The summed E-state index contributed by atoms with van der Waals surface area (Å²) in [5, 5.41) is 19.0. The van der Waals surface area contributed by atoms with E-state index >= 15 is 0 Å². The number of benzene rings is 2. The maximum Gasteiger partial charge on any atom is 0.147 e. The van der Waals surface area contributed by atoms with Crippen molar-refractivity contribution in [1.29, 1.82) is 0 Å². The monoisotopic (exact) mass is 378 g/mol. The quantitative estimate of drug-likeness (QED) is 0.423. The average Bonchev–Trinajstić information content (AvgIpc) is 3.33. The van der Waals surface area contributed by atoms with Crippen molar-refractivity contribution in [3.8, 4) is 0 Å². The highest BCUT2D eigenvalue weighted by molar-refractivity contribution is 7.99. The topological polar surface area (TPSA) is 77.8 Å². The van der Waals surface area contributed by atoms with Crippen LogP contribution in [0.5, 0.6) is 0 Å². The van der Waals surface area contributed by atoms with Crippen LogP contribution in [0.2, 0.25) is 0 Å². The number of thioether (sulfide) groups is 1. The molecule has 0 spiro atoms. The first-order chi connectivity index (χ1) is 12.2. The number of halogens is 2. The van der Waals surface area contributed by atoms with E-state index in [4.69, 9.17) is 9.26 Å². The summed E-state index contributed by atoms with van der Waals surface area (Å²) < 4.78 is 37.7. The molecule has 5 rings (SSSR count). The number of alkyl halides is 1. The molecule has 10 heteroatoms. The van der Waals surface area contributed by atoms with Gasteiger partial charge in [0.05, 0.1) is 16.8 Å². The van der Waals surface area contributed by atoms with Crippen LogP contribution >= 0.6 is 23.1 Å². The van der Waals surface area contributed by atoms with Crippen molar-refractivity contribution in [3.05, 3.63) is 16.8 Å². The fourth-order valence-electron chi connectivity index (χ4n) is 3.15. The lowest BCUT2D eigenvalue weighted by atomic mass is 10.0. The van der Waals surface area contributed by atoms with Crippen LogP contribution in [0, 0.1) is 12.7 Å². The van der Waals surface area contributed by atoms with Gasteiger partial charge >= 0.3 is 0 Å². The molecule has 6 nitrogen and oxygen atoms in total. The third-order valence-corrected chi connectivity index (χ3v) is 6.28. The molecule has 0 aliphatic rings. The standard InChI is InChI=1S/C15H8F2N4O2S2/c1-5-10-12(20-22-18-10)9-8(14(5)24-3-2-16)13-11(19-23-21-13)7-6(17)4-25-15(7)9/h4H,2-3H2,1H3. The summed E-state index contributed by atoms with van der Waals surface area (Å²) in [6, 6.07) is 0. The maximum absolute atomic E-state index is 14.4. The molecule has 3 heterocycles. The molecule has 0 fully saturated rings. The molecular formula is C15H8F2N4O2S2. The van der Waals surface area contributed by atoms with E-state index in [0.717, 1.165) is 10.5 Å². The molecule has 0 aliphatic carbocycles. The molecule has 0 atom stereocenters. The highest BCUT2D eigenvalue weighted by atomic mass is 32.2. The van der Waals surface area contributed by atoms with Gasteiger partial charge in [0, 0.05) is 26.8 Å². The third-order valence-electron chi connectivity index (χ3n) is 4.16. The van der Waals surface area contributed by atoms with Crippen LogP contribution in [0.3, 0.4) is 0 Å². The lowest BCUT2D eigenvalue weighted by Gasteiger charge is -2.10. The zero-order valence-electron chi connectivity index (χ0n) is 12.7. The second-order valence-electron chi connectivity index (χ2n) is 5.45. The Kier molecular flexibility index (Phi) is 3.19. The van der Waals surface area contributed by atoms with Crippen molar-refractivity contribution < 1.29 is 18.0 Å². The van der Waals surface area contributed by atoms with Crippen LogP contribution in [0.15, 0.2) is 19.5 Å². The van der Waals surface area contributed by atoms with Gasteiger partial charge in [-0.2, -0.15) is 0 Å². The lowest BCUT2D eigenvalue weighted by Crippen LogP contribution is -1.92. The Morgan fingerprint density at radius 3 is 2.36 bits per heavy atom. The molecule has 0 aliphatic heterocycles. The number of fused-ring (bicyclic) bond motifs is 8.